The van der Waals surface area contributed by atoms with E-state index >= 15 is 0 Å². The van der Waals surface area contributed by atoms with E-state index in [4.69, 9.17) is 10.5 Å². The topological polar surface area (TPSA) is 51.4 Å². The molecule has 124 valence electrons. The Hall–Kier alpha value is -1.75. The average Bonchev–Trinajstić information content (AvgIpc) is 2.98. The fourth-order valence-corrected chi connectivity index (χ4v) is 3.42. The van der Waals surface area contributed by atoms with E-state index in [9.17, 15) is 0 Å². The van der Waals surface area contributed by atoms with Gasteiger partial charge in [-0.15, -0.1) is 11.3 Å². The summed E-state index contributed by atoms with van der Waals surface area (Å²) < 4.78 is 6.13. The molecule has 0 fully saturated rings. The summed E-state index contributed by atoms with van der Waals surface area (Å²) >= 11 is 1.48. The summed E-state index contributed by atoms with van der Waals surface area (Å²) in [6.07, 6.45) is 2.49. The molecule has 0 saturated carbocycles. The fraction of sp³-hybridized carbons (Fsp3) is 0.500. The second kappa shape index (κ2) is 6.79. The molecule has 1 aromatic carbocycles. The molecular formula is C18H25N3OS. The smallest absolute Gasteiger partial charge is 0.180 e. The zero-order chi connectivity index (χ0) is 16.4. The zero-order valence-corrected chi connectivity index (χ0v) is 14.9. The van der Waals surface area contributed by atoms with Crippen LogP contribution in [0.3, 0.4) is 0 Å². The predicted octanol–water partition coefficient (Wildman–Crippen LogP) is 4.42. The van der Waals surface area contributed by atoms with Gasteiger partial charge in [0, 0.05) is 17.5 Å². The Bertz CT molecular complexity index is 668. The number of thiazole rings is 1. The highest BCUT2D eigenvalue weighted by atomic mass is 32.1. The first-order valence-corrected chi connectivity index (χ1v) is 9.21. The van der Waals surface area contributed by atoms with Crippen molar-refractivity contribution in [2.75, 3.05) is 23.7 Å². The van der Waals surface area contributed by atoms with Crippen LogP contribution >= 0.6 is 11.3 Å². The van der Waals surface area contributed by atoms with E-state index in [0.717, 1.165) is 36.5 Å². The van der Waals surface area contributed by atoms with Crippen molar-refractivity contribution in [3.8, 4) is 17.0 Å². The average molecular weight is 331 g/mol. The van der Waals surface area contributed by atoms with Crippen molar-refractivity contribution in [1.29, 1.82) is 0 Å². The molecule has 3 rings (SSSR count). The number of nitrogens with two attached hydrogens (primary N) is 1. The van der Waals surface area contributed by atoms with Gasteiger partial charge >= 0.3 is 0 Å². The number of nitrogen functional groups attached to an aromatic ring is 1. The lowest BCUT2D eigenvalue weighted by atomic mass is 10.1. The molecule has 23 heavy (non-hydrogen) atoms. The summed E-state index contributed by atoms with van der Waals surface area (Å²) in [6.45, 7) is 8.75. The molecule has 1 aliphatic heterocycles. The monoisotopic (exact) mass is 331 g/mol. The molecule has 0 saturated heterocycles. The minimum atomic E-state index is 0.274. The Morgan fingerprint density at radius 2 is 2.26 bits per heavy atom. The lowest BCUT2D eigenvalue weighted by Gasteiger charge is -2.36. The first-order valence-electron chi connectivity index (χ1n) is 8.33. The highest BCUT2D eigenvalue weighted by molar-refractivity contribution is 7.13. The van der Waals surface area contributed by atoms with E-state index in [1.807, 2.05) is 5.38 Å². The molecule has 0 radical (unpaired) electrons. The molecule has 1 aromatic heterocycles. The lowest BCUT2D eigenvalue weighted by Crippen LogP contribution is -2.40. The van der Waals surface area contributed by atoms with Crippen LogP contribution in [-0.4, -0.2) is 24.2 Å². The van der Waals surface area contributed by atoms with Crippen molar-refractivity contribution in [1.82, 2.24) is 4.98 Å². The number of rotatable bonds is 5. The quantitative estimate of drug-likeness (QED) is 0.881. The Kier molecular flexibility index (Phi) is 4.76. The van der Waals surface area contributed by atoms with Gasteiger partial charge < -0.3 is 15.4 Å². The van der Waals surface area contributed by atoms with Gasteiger partial charge in [-0.2, -0.15) is 0 Å². The molecular weight excluding hydrogens is 306 g/mol. The molecule has 2 N–H and O–H groups in total. The Morgan fingerprint density at radius 3 is 2.91 bits per heavy atom. The molecule has 0 amide bonds. The van der Waals surface area contributed by atoms with Gasteiger partial charge in [0.05, 0.1) is 17.9 Å². The number of fused-ring (bicyclic) bond motifs is 1. The van der Waals surface area contributed by atoms with E-state index in [-0.39, 0.29) is 6.10 Å². The van der Waals surface area contributed by atoms with Gasteiger partial charge in [-0.05, 0) is 37.0 Å². The molecule has 0 spiro atoms. The highest BCUT2D eigenvalue weighted by Crippen LogP contribution is 2.38. The number of benzene rings is 1. The van der Waals surface area contributed by atoms with Gasteiger partial charge in [-0.1, -0.05) is 20.8 Å². The maximum absolute atomic E-state index is 6.13. The summed E-state index contributed by atoms with van der Waals surface area (Å²) in [5, 5.41) is 2.62. The molecule has 1 aliphatic rings. The van der Waals surface area contributed by atoms with Gasteiger partial charge in [0.15, 0.2) is 5.13 Å². The predicted molar refractivity (Wildman–Crippen MR) is 98.3 cm³/mol. The largest absolute Gasteiger partial charge is 0.486 e. The molecule has 5 heteroatoms. The summed E-state index contributed by atoms with van der Waals surface area (Å²) in [6, 6.07) is 6.34. The Balaban J connectivity index is 1.92. The number of ether oxygens (including phenoxy) is 1. The number of anilines is 2. The van der Waals surface area contributed by atoms with Crippen LogP contribution in [0.25, 0.3) is 11.3 Å². The van der Waals surface area contributed by atoms with Gasteiger partial charge in [0.25, 0.3) is 0 Å². The molecule has 4 nitrogen and oxygen atoms in total. The van der Waals surface area contributed by atoms with Gasteiger partial charge in [0.2, 0.25) is 0 Å². The molecule has 0 bridgehead atoms. The van der Waals surface area contributed by atoms with Crippen molar-refractivity contribution in [3.63, 3.8) is 0 Å². The van der Waals surface area contributed by atoms with Crippen LogP contribution in [0, 0.1) is 5.92 Å². The first-order chi connectivity index (χ1) is 11.1. The van der Waals surface area contributed by atoms with Crippen molar-refractivity contribution < 1.29 is 4.74 Å². The van der Waals surface area contributed by atoms with E-state index in [0.29, 0.717) is 11.0 Å². The number of hydrogen-bond acceptors (Lipinski definition) is 5. The minimum Gasteiger partial charge on any atom is -0.486 e. The van der Waals surface area contributed by atoms with E-state index in [1.165, 1.54) is 23.4 Å². The van der Waals surface area contributed by atoms with Crippen LogP contribution < -0.4 is 15.4 Å². The lowest BCUT2D eigenvalue weighted by molar-refractivity contribution is 0.188. The van der Waals surface area contributed by atoms with Crippen molar-refractivity contribution in [2.45, 2.75) is 39.7 Å². The SMILES string of the molecule is CCC1CN(CCC(C)C)c2cc(-c3csc(N)n3)ccc2O1. The van der Waals surface area contributed by atoms with Crippen LogP contribution in [0.5, 0.6) is 5.75 Å². The molecule has 1 unspecified atom stereocenters. The Labute approximate surface area is 142 Å². The normalized spacial score (nSPS) is 17.2. The van der Waals surface area contributed by atoms with Gasteiger partial charge in [-0.3, -0.25) is 0 Å². The number of hydrogen-bond donors (Lipinski definition) is 1. The molecule has 2 aromatic rings. The Morgan fingerprint density at radius 1 is 1.43 bits per heavy atom. The van der Waals surface area contributed by atoms with Crippen LogP contribution in [0.1, 0.15) is 33.6 Å². The number of nitrogens with zero attached hydrogens (tertiary/aromatic N) is 2. The third kappa shape index (κ3) is 3.61. The van der Waals surface area contributed by atoms with Gasteiger partial charge in [0.1, 0.15) is 11.9 Å². The van der Waals surface area contributed by atoms with Crippen LogP contribution in [0.4, 0.5) is 10.8 Å². The van der Waals surface area contributed by atoms with Gasteiger partial charge in [-0.25, -0.2) is 4.98 Å². The first kappa shape index (κ1) is 16.1. The van der Waals surface area contributed by atoms with Crippen LogP contribution in [0.2, 0.25) is 0 Å². The van der Waals surface area contributed by atoms with Crippen molar-refractivity contribution >= 4 is 22.2 Å². The van der Waals surface area contributed by atoms with E-state index in [1.54, 1.807) is 0 Å². The maximum Gasteiger partial charge on any atom is 0.180 e. The summed E-state index contributed by atoms with van der Waals surface area (Å²) in [7, 11) is 0. The summed E-state index contributed by atoms with van der Waals surface area (Å²) in [5.74, 6) is 1.68. The van der Waals surface area contributed by atoms with E-state index in [2.05, 4.69) is 48.9 Å². The molecule has 1 atom stereocenters. The number of aromatic nitrogens is 1. The van der Waals surface area contributed by atoms with E-state index < -0.39 is 0 Å². The highest BCUT2D eigenvalue weighted by Gasteiger charge is 2.25. The zero-order valence-electron chi connectivity index (χ0n) is 14.1. The van der Waals surface area contributed by atoms with Crippen molar-refractivity contribution in [3.05, 3.63) is 23.6 Å². The summed E-state index contributed by atoms with van der Waals surface area (Å²) in [4.78, 5) is 6.86. The second-order valence-electron chi connectivity index (χ2n) is 6.53. The standard InChI is InChI=1S/C18H25N3OS/c1-4-14-10-21(8-7-12(2)3)16-9-13(5-6-17(16)22-14)15-11-23-18(19)20-15/h5-6,9,11-12,14H,4,7-8,10H2,1-3H3,(H2,19,20). The fourth-order valence-electron chi connectivity index (χ4n) is 2.84. The van der Waals surface area contributed by atoms with Crippen LogP contribution in [-0.2, 0) is 0 Å². The maximum atomic E-state index is 6.13. The molecule has 0 aliphatic carbocycles. The third-order valence-corrected chi connectivity index (χ3v) is 4.94. The third-order valence-electron chi connectivity index (χ3n) is 4.27. The van der Waals surface area contributed by atoms with Crippen molar-refractivity contribution in [2.24, 2.45) is 5.92 Å². The molecule has 2 heterocycles. The summed E-state index contributed by atoms with van der Waals surface area (Å²) in [5.41, 5.74) is 8.99. The van der Waals surface area contributed by atoms with Crippen LogP contribution in [0.15, 0.2) is 23.6 Å². The second-order valence-corrected chi connectivity index (χ2v) is 7.42. The minimum absolute atomic E-state index is 0.274.